The van der Waals surface area contributed by atoms with Crippen LogP contribution >= 0.6 is 0 Å². The van der Waals surface area contributed by atoms with Gasteiger partial charge in [0, 0.05) is 6.04 Å². The van der Waals surface area contributed by atoms with Gasteiger partial charge in [0.15, 0.2) is 0 Å². The molecule has 0 amide bonds. The zero-order chi connectivity index (χ0) is 11.3. The molecule has 1 unspecified atom stereocenters. The van der Waals surface area contributed by atoms with Crippen LogP contribution in [-0.2, 0) is 0 Å². The lowest BCUT2D eigenvalue weighted by Gasteiger charge is -2.38. The van der Waals surface area contributed by atoms with Gasteiger partial charge in [-0.3, -0.25) is 11.3 Å². The molecule has 0 spiro atoms. The fourth-order valence-corrected chi connectivity index (χ4v) is 3.44. The van der Waals surface area contributed by atoms with Crippen molar-refractivity contribution < 1.29 is 0 Å². The van der Waals surface area contributed by atoms with E-state index in [-0.39, 0.29) is 0 Å². The smallest absolute Gasteiger partial charge is 0.0266 e. The number of hydrogen-bond donors (Lipinski definition) is 2. The molecule has 1 rings (SSSR count). The predicted octanol–water partition coefficient (Wildman–Crippen LogP) is 3.22. The maximum absolute atomic E-state index is 5.75. The van der Waals surface area contributed by atoms with Crippen molar-refractivity contribution in [2.45, 2.75) is 71.8 Å². The van der Waals surface area contributed by atoms with Crippen LogP contribution < -0.4 is 11.3 Å². The molecule has 1 aliphatic carbocycles. The molecule has 15 heavy (non-hydrogen) atoms. The van der Waals surface area contributed by atoms with Crippen LogP contribution in [0.5, 0.6) is 0 Å². The minimum atomic E-state index is 0.499. The Kier molecular flexibility index (Phi) is 5.07. The Morgan fingerprint density at radius 1 is 1.27 bits per heavy atom. The van der Waals surface area contributed by atoms with Crippen LogP contribution in [0.2, 0.25) is 0 Å². The summed E-state index contributed by atoms with van der Waals surface area (Å²) in [7, 11) is 0. The van der Waals surface area contributed by atoms with E-state index in [0.29, 0.717) is 11.5 Å². The monoisotopic (exact) mass is 212 g/mol. The first-order valence-corrected chi connectivity index (χ1v) is 6.60. The largest absolute Gasteiger partial charge is 0.271 e. The first-order valence-electron chi connectivity index (χ1n) is 6.60. The average molecular weight is 212 g/mol. The molecule has 2 nitrogen and oxygen atoms in total. The van der Waals surface area contributed by atoms with Crippen molar-refractivity contribution in [2.24, 2.45) is 17.2 Å². The second kappa shape index (κ2) is 5.86. The number of nitrogens with two attached hydrogens (primary N) is 1. The highest BCUT2D eigenvalue weighted by Gasteiger charge is 2.40. The Hall–Kier alpha value is -0.0800. The molecule has 1 atom stereocenters. The molecule has 1 aliphatic rings. The van der Waals surface area contributed by atoms with E-state index in [2.05, 4.69) is 26.2 Å². The third-order valence-electron chi connectivity index (χ3n) is 3.93. The summed E-state index contributed by atoms with van der Waals surface area (Å²) in [4.78, 5) is 0. The summed E-state index contributed by atoms with van der Waals surface area (Å²) in [6.07, 6.45) is 9.34. The lowest BCUT2D eigenvalue weighted by atomic mass is 9.71. The van der Waals surface area contributed by atoms with E-state index in [1.165, 1.54) is 44.9 Å². The van der Waals surface area contributed by atoms with E-state index in [0.717, 1.165) is 5.92 Å². The lowest BCUT2D eigenvalue weighted by molar-refractivity contribution is 0.147. The van der Waals surface area contributed by atoms with Crippen LogP contribution in [0, 0.1) is 11.3 Å². The van der Waals surface area contributed by atoms with Crippen LogP contribution in [0.25, 0.3) is 0 Å². The maximum Gasteiger partial charge on any atom is 0.0266 e. The maximum atomic E-state index is 5.75. The molecule has 3 N–H and O–H groups in total. The van der Waals surface area contributed by atoms with Gasteiger partial charge in [-0.25, -0.2) is 0 Å². The topological polar surface area (TPSA) is 38.0 Å². The van der Waals surface area contributed by atoms with Crippen molar-refractivity contribution in [2.75, 3.05) is 0 Å². The fourth-order valence-electron chi connectivity index (χ4n) is 3.44. The molecule has 1 fully saturated rings. The van der Waals surface area contributed by atoms with Crippen LogP contribution in [-0.4, -0.2) is 6.04 Å². The fraction of sp³-hybridized carbons (Fsp3) is 1.00. The Balaban J connectivity index is 2.69. The van der Waals surface area contributed by atoms with E-state index in [1.807, 2.05) is 0 Å². The van der Waals surface area contributed by atoms with Gasteiger partial charge < -0.3 is 0 Å². The summed E-state index contributed by atoms with van der Waals surface area (Å²) < 4.78 is 0. The van der Waals surface area contributed by atoms with Crippen LogP contribution in [0.4, 0.5) is 0 Å². The summed E-state index contributed by atoms with van der Waals surface area (Å²) in [5.41, 5.74) is 3.59. The number of hydrogen-bond acceptors (Lipinski definition) is 2. The molecule has 1 saturated carbocycles. The number of nitrogens with one attached hydrogen (secondary N) is 1. The highest BCUT2D eigenvalue weighted by Crippen LogP contribution is 2.46. The third kappa shape index (κ3) is 3.18. The molecular weight excluding hydrogens is 184 g/mol. The van der Waals surface area contributed by atoms with Gasteiger partial charge in [-0.1, -0.05) is 40.0 Å². The van der Waals surface area contributed by atoms with Gasteiger partial charge in [0.05, 0.1) is 0 Å². The van der Waals surface area contributed by atoms with Crippen LogP contribution in [0.1, 0.15) is 65.7 Å². The Morgan fingerprint density at radius 2 is 1.87 bits per heavy atom. The normalized spacial score (nSPS) is 22.2. The number of hydrazine groups is 1. The lowest BCUT2D eigenvalue weighted by Crippen LogP contribution is -2.47. The molecule has 0 aromatic heterocycles. The molecule has 0 aromatic rings. The highest BCUT2D eigenvalue weighted by molar-refractivity contribution is 4.94. The quantitative estimate of drug-likeness (QED) is 0.524. The molecule has 0 aliphatic heterocycles. The standard InChI is InChI=1S/C13H28N2/c1-4-7-12(15-14)13(10-11(2)3)8-5-6-9-13/h11-12,15H,4-10,14H2,1-3H3. The third-order valence-corrected chi connectivity index (χ3v) is 3.93. The van der Waals surface area contributed by atoms with E-state index < -0.39 is 0 Å². The van der Waals surface area contributed by atoms with Crippen molar-refractivity contribution in [3.63, 3.8) is 0 Å². The Morgan fingerprint density at radius 3 is 2.27 bits per heavy atom. The summed E-state index contributed by atoms with van der Waals surface area (Å²) in [5, 5.41) is 0. The molecule has 0 bridgehead atoms. The summed E-state index contributed by atoms with van der Waals surface area (Å²) in [6.45, 7) is 6.92. The van der Waals surface area contributed by atoms with E-state index >= 15 is 0 Å². The van der Waals surface area contributed by atoms with E-state index in [9.17, 15) is 0 Å². The Bertz CT molecular complexity index is 171. The van der Waals surface area contributed by atoms with Crippen LogP contribution in [0.3, 0.4) is 0 Å². The summed E-state index contributed by atoms with van der Waals surface area (Å²) in [5.74, 6) is 6.54. The van der Waals surface area contributed by atoms with E-state index in [4.69, 9.17) is 5.84 Å². The zero-order valence-corrected chi connectivity index (χ0v) is 10.7. The number of rotatable bonds is 6. The van der Waals surface area contributed by atoms with Gasteiger partial charge >= 0.3 is 0 Å². The van der Waals surface area contributed by atoms with Gasteiger partial charge in [0.25, 0.3) is 0 Å². The summed E-state index contributed by atoms with van der Waals surface area (Å²) in [6, 6.07) is 0.535. The van der Waals surface area contributed by atoms with Gasteiger partial charge in [0.1, 0.15) is 0 Å². The second-order valence-corrected chi connectivity index (χ2v) is 5.68. The first-order chi connectivity index (χ1) is 7.14. The minimum Gasteiger partial charge on any atom is -0.271 e. The molecule has 0 radical (unpaired) electrons. The first kappa shape index (κ1) is 13.0. The molecule has 0 aromatic carbocycles. The van der Waals surface area contributed by atoms with Crippen molar-refractivity contribution in [1.29, 1.82) is 0 Å². The van der Waals surface area contributed by atoms with Crippen molar-refractivity contribution >= 4 is 0 Å². The highest BCUT2D eigenvalue weighted by atomic mass is 15.2. The summed E-state index contributed by atoms with van der Waals surface area (Å²) >= 11 is 0. The van der Waals surface area contributed by atoms with Gasteiger partial charge in [0.2, 0.25) is 0 Å². The SMILES string of the molecule is CCCC(NN)C1(CC(C)C)CCCC1. The van der Waals surface area contributed by atoms with Gasteiger partial charge in [-0.15, -0.1) is 0 Å². The zero-order valence-electron chi connectivity index (χ0n) is 10.7. The van der Waals surface area contributed by atoms with Crippen molar-refractivity contribution in [3.8, 4) is 0 Å². The molecule has 0 heterocycles. The van der Waals surface area contributed by atoms with Crippen LogP contribution in [0.15, 0.2) is 0 Å². The van der Waals surface area contributed by atoms with Crippen molar-refractivity contribution in [3.05, 3.63) is 0 Å². The predicted molar refractivity (Wildman–Crippen MR) is 66.4 cm³/mol. The molecular formula is C13H28N2. The molecule has 2 heteroatoms. The van der Waals surface area contributed by atoms with Gasteiger partial charge in [-0.05, 0) is 37.0 Å². The van der Waals surface area contributed by atoms with E-state index in [1.54, 1.807) is 0 Å². The Labute approximate surface area is 95.0 Å². The van der Waals surface area contributed by atoms with Crippen molar-refractivity contribution in [1.82, 2.24) is 5.43 Å². The minimum absolute atomic E-state index is 0.499. The molecule has 90 valence electrons. The molecule has 0 saturated heterocycles. The van der Waals surface area contributed by atoms with Gasteiger partial charge in [-0.2, -0.15) is 0 Å². The average Bonchev–Trinajstić information content (AvgIpc) is 2.62. The second-order valence-electron chi connectivity index (χ2n) is 5.68.